The van der Waals surface area contributed by atoms with Crippen molar-refractivity contribution in [3.05, 3.63) is 35.5 Å². The van der Waals surface area contributed by atoms with Crippen LogP contribution in [0, 0.1) is 0 Å². The lowest BCUT2D eigenvalue weighted by Gasteiger charge is -1.88. The number of ether oxygens (including phenoxy) is 1. The molecule has 15 heavy (non-hydrogen) atoms. The standard InChI is InChI=1S/C8H6ClN.C3H6O2/c9-7-1-2-8-6(5-7)3-4-10-8;1-2-5-3-4/h1-5,10H;3H,2H2,1H3. The van der Waals surface area contributed by atoms with E-state index in [0.717, 1.165) is 15.9 Å². The van der Waals surface area contributed by atoms with Crippen molar-refractivity contribution in [2.45, 2.75) is 6.92 Å². The third kappa shape index (κ3) is 3.64. The molecule has 1 N–H and O–H groups in total. The summed E-state index contributed by atoms with van der Waals surface area (Å²) in [4.78, 5) is 12.3. The molecule has 1 aromatic carbocycles. The van der Waals surface area contributed by atoms with Crippen LogP contribution in [0.3, 0.4) is 0 Å². The van der Waals surface area contributed by atoms with E-state index in [9.17, 15) is 4.79 Å². The summed E-state index contributed by atoms with van der Waals surface area (Å²) >= 11 is 5.76. The van der Waals surface area contributed by atoms with Crippen LogP contribution in [0.5, 0.6) is 0 Å². The molecule has 0 fully saturated rings. The van der Waals surface area contributed by atoms with Crippen molar-refractivity contribution in [3.8, 4) is 0 Å². The van der Waals surface area contributed by atoms with Gasteiger partial charge in [-0.1, -0.05) is 11.6 Å². The van der Waals surface area contributed by atoms with Gasteiger partial charge in [-0.3, -0.25) is 4.79 Å². The summed E-state index contributed by atoms with van der Waals surface area (Å²) in [7, 11) is 0. The fourth-order valence-corrected chi connectivity index (χ4v) is 1.27. The van der Waals surface area contributed by atoms with Crippen molar-refractivity contribution in [1.29, 1.82) is 0 Å². The largest absolute Gasteiger partial charge is 0.468 e. The van der Waals surface area contributed by atoms with Crippen molar-refractivity contribution in [3.63, 3.8) is 0 Å². The molecule has 0 unspecified atom stereocenters. The zero-order chi connectivity index (χ0) is 11.1. The predicted octanol–water partition coefficient (Wildman–Crippen LogP) is 3.00. The Morgan fingerprint density at radius 3 is 2.87 bits per heavy atom. The van der Waals surface area contributed by atoms with E-state index in [1.54, 1.807) is 6.92 Å². The van der Waals surface area contributed by atoms with E-state index < -0.39 is 0 Å². The SMILES string of the molecule is CCOC=O.Clc1ccc2[nH]ccc2c1. The fourth-order valence-electron chi connectivity index (χ4n) is 1.09. The lowest BCUT2D eigenvalue weighted by atomic mass is 10.2. The number of hydrogen-bond acceptors (Lipinski definition) is 2. The second-order valence-corrected chi connectivity index (χ2v) is 3.20. The average Bonchev–Trinajstić information content (AvgIpc) is 2.67. The Kier molecular flexibility index (Phi) is 4.71. The second-order valence-electron chi connectivity index (χ2n) is 2.76. The van der Waals surface area contributed by atoms with Gasteiger partial charge in [-0.05, 0) is 31.2 Å². The Hall–Kier alpha value is -1.48. The van der Waals surface area contributed by atoms with Gasteiger partial charge in [-0.15, -0.1) is 0 Å². The molecule has 80 valence electrons. The molecule has 0 bridgehead atoms. The van der Waals surface area contributed by atoms with E-state index in [1.165, 1.54) is 0 Å². The normalized spacial score (nSPS) is 9.20. The van der Waals surface area contributed by atoms with E-state index >= 15 is 0 Å². The van der Waals surface area contributed by atoms with Crippen LogP contribution in [-0.2, 0) is 9.53 Å². The van der Waals surface area contributed by atoms with Gasteiger partial charge in [-0.25, -0.2) is 0 Å². The highest BCUT2D eigenvalue weighted by Gasteiger charge is 1.92. The highest BCUT2D eigenvalue weighted by atomic mass is 35.5. The van der Waals surface area contributed by atoms with Gasteiger partial charge in [0.2, 0.25) is 0 Å². The fraction of sp³-hybridized carbons (Fsp3) is 0.182. The van der Waals surface area contributed by atoms with Crippen LogP contribution in [-0.4, -0.2) is 18.1 Å². The predicted molar refractivity (Wildman–Crippen MR) is 61.0 cm³/mol. The van der Waals surface area contributed by atoms with Gasteiger partial charge < -0.3 is 9.72 Å². The number of aromatic amines is 1. The molecule has 1 aromatic heterocycles. The highest BCUT2D eigenvalue weighted by Crippen LogP contribution is 2.17. The number of nitrogens with one attached hydrogen (secondary N) is 1. The van der Waals surface area contributed by atoms with Crippen molar-refractivity contribution >= 4 is 29.0 Å². The van der Waals surface area contributed by atoms with Crippen LogP contribution in [0.15, 0.2) is 30.5 Å². The number of aromatic nitrogens is 1. The second kappa shape index (κ2) is 6.09. The molecule has 0 spiro atoms. The molecule has 0 aliphatic carbocycles. The van der Waals surface area contributed by atoms with Gasteiger partial charge in [0.25, 0.3) is 6.47 Å². The molecule has 0 amide bonds. The number of carbonyl (C=O) groups is 1. The molecule has 0 radical (unpaired) electrons. The monoisotopic (exact) mass is 225 g/mol. The minimum Gasteiger partial charge on any atom is -0.468 e. The first-order valence-electron chi connectivity index (χ1n) is 4.55. The maximum atomic E-state index is 9.18. The Bertz CT molecular complexity index is 425. The van der Waals surface area contributed by atoms with Gasteiger partial charge in [-0.2, -0.15) is 0 Å². The molecule has 1 heterocycles. The van der Waals surface area contributed by atoms with Crippen LogP contribution >= 0.6 is 11.6 Å². The quantitative estimate of drug-likeness (QED) is 0.799. The maximum absolute atomic E-state index is 9.18. The number of fused-ring (bicyclic) bond motifs is 1. The summed E-state index contributed by atoms with van der Waals surface area (Å²) in [6.45, 7) is 2.66. The maximum Gasteiger partial charge on any atom is 0.293 e. The number of benzene rings is 1. The zero-order valence-corrected chi connectivity index (χ0v) is 9.12. The van der Waals surface area contributed by atoms with Gasteiger partial charge in [0.1, 0.15) is 0 Å². The number of carbonyl (C=O) groups excluding carboxylic acids is 1. The first-order chi connectivity index (χ1) is 7.27. The first-order valence-corrected chi connectivity index (χ1v) is 4.93. The number of halogens is 1. The third-order valence-corrected chi connectivity index (χ3v) is 1.99. The molecule has 0 saturated carbocycles. The lowest BCUT2D eigenvalue weighted by molar-refractivity contribution is -0.128. The minimum absolute atomic E-state index is 0.431. The Balaban J connectivity index is 0.000000195. The summed E-state index contributed by atoms with van der Waals surface area (Å²) in [6, 6.07) is 7.78. The number of hydrogen-bond donors (Lipinski definition) is 1. The van der Waals surface area contributed by atoms with E-state index in [4.69, 9.17) is 11.6 Å². The summed E-state index contributed by atoms with van der Waals surface area (Å²) in [6.07, 6.45) is 1.90. The molecule has 0 saturated heterocycles. The topological polar surface area (TPSA) is 42.1 Å². The summed E-state index contributed by atoms with van der Waals surface area (Å²) in [5.41, 5.74) is 1.13. The van der Waals surface area contributed by atoms with Crippen LogP contribution in [0.1, 0.15) is 6.92 Å². The lowest BCUT2D eigenvalue weighted by Crippen LogP contribution is -1.80. The zero-order valence-electron chi connectivity index (χ0n) is 8.37. The van der Waals surface area contributed by atoms with Gasteiger partial charge >= 0.3 is 0 Å². The summed E-state index contributed by atoms with van der Waals surface area (Å²) < 4.78 is 4.15. The first kappa shape index (κ1) is 11.6. The van der Waals surface area contributed by atoms with E-state index in [2.05, 4.69) is 9.72 Å². The Labute approximate surface area is 93.0 Å². The van der Waals surface area contributed by atoms with Crippen LogP contribution in [0.25, 0.3) is 10.9 Å². The van der Waals surface area contributed by atoms with Crippen LogP contribution in [0.2, 0.25) is 5.02 Å². The average molecular weight is 226 g/mol. The number of H-pyrrole nitrogens is 1. The Morgan fingerprint density at radius 2 is 2.27 bits per heavy atom. The molecule has 2 rings (SSSR count). The molecule has 0 aliphatic heterocycles. The van der Waals surface area contributed by atoms with Gasteiger partial charge in [0.15, 0.2) is 0 Å². The van der Waals surface area contributed by atoms with Gasteiger partial charge in [0, 0.05) is 22.1 Å². The highest BCUT2D eigenvalue weighted by molar-refractivity contribution is 6.31. The molecular weight excluding hydrogens is 214 g/mol. The summed E-state index contributed by atoms with van der Waals surface area (Å²) in [5, 5.41) is 1.94. The summed E-state index contributed by atoms with van der Waals surface area (Å²) in [5.74, 6) is 0. The van der Waals surface area contributed by atoms with Crippen molar-refractivity contribution in [2.75, 3.05) is 6.61 Å². The molecule has 3 nitrogen and oxygen atoms in total. The van der Waals surface area contributed by atoms with Gasteiger partial charge in [0.05, 0.1) is 6.61 Å². The molecule has 4 heteroatoms. The molecule has 0 aliphatic rings. The minimum atomic E-state index is 0.431. The van der Waals surface area contributed by atoms with Crippen molar-refractivity contribution in [2.24, 2.45) is 0 Å². The molecule has 2 aromatic rings. The molecular formula is C11H12ClNO2. The van der Waals surface area contributed by atoms with E-state index in [1.807, 2.05) is 30.5 Å². The van der Waals surface area contributed by atoms with Crippen molar-refractivity contribution in [1.82, 2.24) is 4.98 Å². The van der Waals surface area contributed by atoms with Crippen LogP contribution < -0.4 is 0 Å². The number of rotatable bonds is 2. The molecule has 0 atom stereocenters. The van der Waals surface area contributed by atoms with E-state index in [0.29, 0.717) is 13.1 Å². The Morgan fingerprint density at radius 1 is 1.47 bits per heavy atom. The third-order valence-electron chi connectivity index (χ3n) is 1.75. The van der Waals surface area contributed by atoms with Crippen LogP contribution in [0.4, 0.5) is 0 Å². The smallest absolute Gasteiger partial charge is 0.293 e. The van der Waals surface area contributed by atoms with Crippen molar-refractivity contribution < 1.29 is 9.53 Å². The van der Waals surface area contributed by atoms with E-state index in [-0.39, 0.29) is 0 Å².